The zero-order chi connectivity index (χ0) is 39.9. The lowest BCUT2D eigenvalue weighted by Gasteiger charge is -2.36. The Hall–Kier alpha value is -7.16. The van der Waals surface area contributed by atoms with Gasteiger partial charge in [0, 0.05) is 22.1 Å². The van der Waals surface area contributed by atoms with Crippen LogP contribution in [-0.4, -0.2) is 9.97 Å². The van der Waals surface area contributed by atoms with E-state index >= 15 is 0 Å². The summed E-state index contributed by atoms with van der Waals surface area (Å²) in [6, 6.07) is 74.6. The molecule has 286 valence electrons. The smallest absolute Gasteiger partial charge is 0.160 e. The molecule has 2 aliphatic carbocycles. The second-order valence-corrected chi connectivity index (χ2v) is 16.5. The molecule has 0 atom stereocenters. The summed E-state index contributed by atoms with van der Waals surface area (Å²) in [5, 5.41) is 0. The van der Waals surface area contributed by atoms with Crippen LogP contribution in [0.2, 0.25) is 0 Å². The van der Waals surface area contributed by atoms with Gasteiger partial charge in [-0.25, -0.2) is 9.97 Å². The van der Waals surface area contributed by atoms with Crippen molar-refractivity contribution in [1.82, 2.24) is 9.97 Å². The van der Waals surface area contributed by atoms with E-state index in [0.29, 0.717) is 5.82 Å². The van der Waals surface area contributed by atoms with Gasteiger partial charge in [0.2, 0.25) is 0 Å². The molecule has 0 amide bonds. The molecule has 0 radical (unpaired) electrons. The van der Waals surface area contributed by atoms with Gasteiger partial charge in [-0.2, -0.15) is 0 Å². The third-order valence-electron chi connectivity index (χ3n) is 13.0. The highest BCUT2D eigenvalue weighted by Crippen LogP contribution is 2.56. The fourth-order valence-electron chi connectivity index (χ4n) is 9.80. The molecule has 0 saturated heterocycles. The standard InChI is InChI=1S/C58H44N2/c1-4-12-40(13-5-1)41-26-30-48(31-27-41)56-39-55(47-14-6-2-7-15-47)59-57(60-56)49-32-28-45(29-33-49)43-20-18-42(19-21-43)44-22-24-46(25-23-44)50-34-35-52-51-16-8-9-17-53(51)58(54(52)38-50)36-10-3-11-37-58/h1-2,4-9,12-35,38-39H,3,10-11,36-37H2. The van der Waals surface area contributed by atoms with Gasteiger partial charge in [0.1, 0.15) is 0 Å². The van der Waals surface area contributed by atoms with Crippen molar-refractivity contribution in [2.24, 2.45) is 0 Å². The fourth-order valence-corrected chi connectivity index (χ4v) is 9.80. The molecule has 1 spiro atoms. The Morgan fingerprint density at radius 2 is 0.667 bits per heavy atom. The first-order valence-electron chi connectivity index (χ1n) is 21.4. The van der Waals surface area contributed by atoms with Crippen molar-refractivity contribution in [3.05, 3.63) is 217 Å². The molecule has 2 nitrogen and oxygen atoms in total. The van der Waals surface area contributed by atoms with E-state index in [9.17, 15) is 0 Å². The molecule has 0 bridgehead atoms. The highest BCUT2D eigenvalue weighted by Gasteiger charge is 2.43. The molecule has 2 aliphatic rings. The van der Waals surface area contributed by atoms with Crippen LogP contribution in [0.4, 0.5) is 0 Å². The van der Waals surface area contributed by atoms with Gasteiger partial charge in [-0.05, 0) is 91.7 Å². The van der Waals surface area contributed by atoms with Crippen LogP contribution in [-0.2, 0) is 5.41 Å². The maximum atomic E-state index is 5.11. The van der Waals surface area contributed by atoms with Crippen LogP contribution >= 0.6 is 0 Å². The minimum Gasteiger partial charge on any atom is -0.228 e. The lowest BCUT2D eigenvalue weighted by molar-refractivity contribution is 0.353. The number of hydrogen-bond donors (Lipinski definition) is 0. The normalized spacial score (nSPS) is 13.8. The van der Waals surface area contributed by atoms with E-state index < -0.39 is 0 Å². The summed E-state index contributed by atoms with van der Waals surface area (Å²) in [7, 11) is 0. The quantitative estimate of drug-likeness (QED) is 0.161. The molecule has 0 aliphatic heterocycles. The predicted octanol–water partition coefficient (Wildman–Crippen LogP) is 15.4. The van der Waals surface area contributed by atoms with Crippen LogP contribution in [0.25, 0.3) is 89.5 Å². The Bertz CT molecular complexity index is 2940. The van der Waals surface area contributed by atoms with Gasteiger partial charge >= 0.3 is 0 Å². The Kier molecular flexibility index (Phi) is 9.12. The van der Waals surface area contributed by atoms with Crippen LogP contribution in [0.1, 0.15) is 43.2 Å². The lowest BCUT2D eigenvalue weighted by Crippen LogP contribution is -2.28. The third-order valence-corrected chi connectivity index (χ3v) is 13.0. The maximum absolute atomic E-state index is 5.11. The number of rotatable bonds is 7. The summed E-state index contributed by atoms with van der Waals surface area (Å²) in [5.74, 6) is 0.710. The Balaban J connectivity index is 0.836. The van der Waals surface area contributed by atoms with Gasteiger partial charge in [0.05, 0.1) is 11.4 Å². The zero-order valence-electron chi connectivity index (χ0n) is 33.6. The number of fused-ring (bicyclic) bond motifs is 5. The molecule has 8 aromatic carbocycles. The van der Waals surface area contributed by atoms with Crippen molar-refractivity contribution in [1.29, 1.82) is 0 Å². The first-order chi connectivity index (χ1) is 29.7. The molecule has 11 rings (SSSR count). The maximum Gasteiger partial charge on any atom is 0.160 e. The number of benzene rings is 8. The average molecular weight is 769 g/mol. The van der Waals surface area contributed by atoms with Gasteiger partial charge in [-0.1, -0.05) is 213 Å². The van der Waals surface area contributed by atoms with Crippen LogP contribution in [0.5, 0.6) is 0 Å². The second kappa shape index (κ2) is 15.2. The molecular formula is C58H44N2. The zero-order valence-corrected chi connectivity index (χ0v) is 33.6. The topological polar surface area (TPSA) is 25.8 Å². The summed E-state index contributed by atoms with van der Waals surface area (Å²) in [5.41, 5.74) is 20.8. The first kappa shape index (κ1) is 36.0. The molecular weight excluding hydrogens is 725 g/mol. The van der Waals surface area contributed by atoms with Crippen LogP contribution < -0.4 is 0 Å². The number of nitrogens with zero attached hydrogens (tertiary/aromatic N) is 2. The van der Waals surface area contributed by atoms with Gasteiger partial charge in [-0.15, -0.1) is 0 Å². The van der Waals surface area contributed by atoms with Crippen molar-refractivity contribution in [2.75, 3.05) is 0 Å². The minimum absolute atomic E-state index is 0.170. The van der Waals surface area contributed by atoms with Gasteiger partial charge in [0.25, 0.3) is 0 Å². The SMILES string of the molecule is c1ccc(-c2ccc(-c3cc(-c4ccccc4)nc(-c4ccc(-c5ccc(-c6ccc(-c7ccc8c(c7)C7(CCCCC7)c7ccccc7-8)cc6)cc5)cc4)n3)cc2)cc1. The Morgan fingerprint density at radius 1 is 0.283 bits per heavy atom. The van der Waals surface area contributed by atoms with Gasteiger partial charge in [0.15, 0.2) is 5.82 Å². The van der Waals surface area contributed by atoms with Crippen LogP contribution in [0.15, 0.2) is 206 Å². The van der Waals surface area contributed by atoms with Gasteiger partial charge < -0.3 is 0 Å². The van der Waals surface area contributed by atoms with E-state index in [4.69, 9.17) is 9.97 Å². The van der Waals surface area contributed by atoms with E-state index in [0.717, 1.165) is 33.6 Å². The van der Waals surface area contributed by atoms with E-state index in [1.54, 1.807) is 5.56 Å². The first-order valence-corrected chi connectivity index (χ1v) is 21.4. The van der Waals surface area contributed by atoms with Crippen molar-refractivity contribution in [3.8, 4) is 89.5 Å². The Morgan fingerprint density at radius 3 is 1.22 bits per heavy atom. The van der Waals surface area contributed by atoms with E-state index in [2.05, 4.69) is 194 Å². The monoisotopic (exact) mass is 768 g/mol. The highest BCUT2D eigenvalue weighted by molar-refractivity contribution is 5.85. The minimum atomic E-state index is 0.170. The molecule has 2 heteroatoms. The lowest BCUT2D eigenvalue weighted by atomic mass is 9.67. The van der Waals surface area contributed by atoms with Crippen molar-refractivity contribution >= 4 is 0 Å². The van der Waals surface area contributed by atoms with Crippen molar-refractivity contribution < 1.29 is 0 Å². The Labute approximate surface area is 353 Å². The molecule has 0 unspecified atom stereocenters. The summed E-state index contributed by atoms with van der Waals surface area (Å²) >= 11 is 0. The number of aromatic nitrogens is 2. The molecule has 1 aromatic heterocycles. The molecule has 9 aromatic rings. The largest absolute Gasteiger partial charge is 0.228 e. The summed E-state index contributed by atoms with van der Waals surface area (Å²) in [6.07, 6.45) is 6.47. The van der Waals surface area contributed by atoms with E-state index in [1.807, 2.05) is 12.1 Å². The van der Waals surface area contributed by atoms with E-state index in [1.165, 1.54) is 87.7 Å². The molecule has 1 saturated carbocycles. The molecule has 60 heavy (non-hydrogen) atoms. The molecule has 1 fully saturated rings. The van der Waals surface area contributed by atoms with Gasteiger partial charge in [-0.3, -0.25) is 0 Å². The molecule has 0 N–H and O–H groups in total. The summed E-state index contributed by atoms with van der Waals surface area (Å²) < 4.78 is 0. The predicted molar refractivity (Wildman–Crippen MR) is 249 cm³/mol. The second-order valence-electron chi connectivity index (χ2n) is 16.5. The highest BCUT2D eigenvalue weighted by atomic mass is 14.9. The van der Waals surface area contributed by atoms with E-state index in [-0.39, 0.29) is 5.41 Å². The van der Waals surface area contributed by atoms with Crippen LogP contribution in [0, 0.1) is 0 Å². The molecule has 1 heterocycles. The summed E-state index contributed by atoms with van der Waals surface area (Å²) in [4.78, 5) is 10.2. The van der Waals surface area contributed by atoms with Crippen molar-refractivity contribution in [2.45, 2.75) is 37.5 Å². The fraction of sp³-hybridized carbons (Fsp3) is 0.103. The average Bonchev–Trinajstić information content (AvgIpc) is 3.60. The summed E-state index contributed by atoms with van der Waals surface area (Å²) in [6.45, 7) is 0. The third kappa shape index (κ3) is 6.55. The van der Waals surface area contributed by atoms with Crippen molar-refractivity contribution in [3.63, 3.8) is 0 Å². The number of hydrogen-bond acceptors (Lipinski definition) is 2. The van der Waals surface area contributed by atoms with Crippen LogP contribution in [0.3, 0.4) is 0 Å².